The van der Waals surface area contributed by atoms with Gasteiger partial charge in [0, 0.05) is 49.7 Å². The highest BCUT2D eigenvalue weighted by Gasteiger charge is 2.28. The van der Waals surface area contributed by atoms with E-state index in [0.717, 1.165) is 42.9 Å². The van der Waals surface area contributed by atoms with E-state index in [1.165, 1.54) is 31.5 Å². The molecule has 0 aromatic carbocycles. The molecule has 2 aliphatic rings. The molecule has 1 saturated carbocycles. The van der Waals surface area contributed by atoms with Crippen molar-refractivity contribution in [2.24, 2.45) is 5.92 Å². The number of rotatable bonds is 5. The Balaban J connectivity index is 1.54. The number of nitrogens with zero attached hydrogens (tertiary/aromatic N) is 5. The van der Waals surface area contributed by atoms with Crippen molar-refractivity contribution < 1.29 is 0 Å². The molecule has 5 heteroatoms. The predicted molar refractivity (Wildman–Crippen MR) is 100.0 cm³/mol. The van der Waals surface area contributed by atoms with Crippen LogP contribution in [0.3, 0.4) is 0 Å². The van der Waals surface area contributed by atoms with Gasteiger partial charge in [0.25, 0.3) is 0 Å². The molecule has 2 fully saturated rings. The average Bonchev–Trinajstić information content (AvgIpc) is 3.29. The van der Waals surface area contributed by atoms with E-state index in [1.54, 1.807) is 0 Å². The molecule has 25 heavy (non-hydrogen) atoms. The van der Waals surface area contributed by atoms with Crippen LogP contribution in [0.15, 0.2) is 18.5 Å². The lowest BCUT2D eigenvalue weighted by molar-refractivity contribution is 0.461. The third kappa shape index (κ3) is 3.70. The fourth-order valence-corrected chi connectivity index (χ4v) is 3.84. The van der Waals surface area contributed by atoms with Gasteiger partial charge in [-0.05, 0) is 44.4 Å². The summed E-state index contributed by atoms with van der Waals surface area (Å²) in [6, 6.07) is 2.18. The first-order chi connectivity index (χ1) is 12.1. The lowest BCUT2D eigenvalue weighted by atomic mass is 9.97. The van der Waals surface area contributed by atoms with Gasteiger partial charge in [0.2, 0.25) is 0 Å². The van der Waals surface area contributed by atoms with E-state index in [9.17, 15) is 0 Å². The van der Waals surface area contributed by atoms with Gasteiger partial charge in [0.15, 0.2) is 0 Å². The molecule has 2 aromatic heterocycles. The number of hydrogen-bond acceptors (Lipinski definition) is 4. The summed E-state index contributed by atoms with van der Waals surface area (Å²) in [5, 5.41) is 0. The zero-order valence-corrected chi connectivity index (χ0v) is 15.6. The summed E-state index contributed by atoms with van der Waals surface area (Å²) >= 11 is 0. The molecule has 0 spiro atoms. The van der Waals surface area contributed by atoms with Crippen molar-refractivity contribution in [1.29, 1.82) is 0 Å². The molecule has 1 aliphatic heterocycles. The number of piperidine rings is 1. The zero-order chi connectivity index (χ0) is 17.4. The minimum atomic E-state index is 0.429. The lowest BCUT2D eigenvalue weighted by Gasteiger charge is -2.34. The number of imidazole rings is 1. The van der Waals surface area contributed by atoms with Gasteiger partial charge in [-0.2, -0.15) is 0 Å². The fourth-order valence-electron chi connectivity index (χ4n) is 3.84. The number of aromatic nitrogens is 4. The topological polar surface area (TPSA) is 46.8 Å². The summed E-state index contributed by atoms with van der Waals surface area (Å²) in [6.07, 6.45) is 9.32. The Labute approximate surface area is 150 Å². The van der Waals surface area contributed by atoms with Gasteiger partial charge in [-0.1, -0.05) is 13.8 Å². The maximum Gasteiger partial charge on any atom is 0.132 e. The first-order valence-corrected chi connectivity index (χ1v) is 9.71. The van der Waals surface area contributed by atoms with Gasteiger partial charge in [0.1, 0.15) is 17.5 Å². The highest BCUT2D eigenvalue weighted by molar-refractivity contribution is 5.41. The quantitative estimate of drug-likeness (QED) is 0.829. The van der Waals surface area contributed by atoms with Crippen molar-refractivity contribution >= 4 is 5.82 Å². The number of anilines is 1. The molecule has 5 nitrogen and oxygen atoms in total. The van der Waals surface area contributed by atoms with E-state index >= 15 is 0 Å². The van der Waals surface area contributed by atoms with Crippen molar-refractivity contribution in [3.05, 3.63) is 35.8 Å². The first-order valence-electron chi connectivity index (χ1n) is 9.71. The molecule has 0 radical (unpaired) electrons. The molecule has 1 atom stereocenters. The molecule has 1 aliphatic carbocycles. The standard InChI is InChI=1S/C20H29N5/c1-14(2)18-11-19(23-15(3)22-18)24-9-4-5-17(13-24)20-21-8-10-25(20)12-16-6-7-16/h8,10-11,14,16-17H,4-7,9,12-13H2,1-3H3/t17-/m1/s1. The van der Waals surface area contributed by atoms with Crippen molar-refractivity contribution in [3.8, 4) is 0 Å². The Morgan fingerprint density at radius 2 is 2.04 bits per heavy atom. The van der Waals surface area contributed by atoms with Gasteiger partial charge < -0.3 is 9.47 Å². The average molecular weight is 339 g/mol. The molecule has 2 aromatic rings. The monoisotopic (exact) mass is 339 g/mol. The molecule has 134 valence electrons. The number of hydrogen-bond donors (Lipinski definition) is 0. The second-order valence-electron chi connectivity index (χ2n) is 8.02. The number of aryl methyl sites for hydroxylation is 1. The fraction of sp³-hybridized carbons (Fsp3) is 0.650. The Hall–Kier alpha value is -1.91. The minimum Gasteiger partial charge on any atom is -0.356 e. The third-order valence-corrected chi connectivity index (χ3v) is 5.45. The third-order valence-electron chi connectivity index (χ3n) is 5.45. The van der Waals surface area contributed by atoms with E-state index in [2.05, 4.69) is 40.6 Å². The van der Waals surface area contributed by atoms with Crippen LogP contribution in [-0.2, 0) is 6.54 Å². The van der Waals surface area contributed by atoms with Crippen LogP contribution in [-0.4, -0.2) is 32.6 Å². The van der Waals surface area contributed by atoms with Crippen molar-refractivity contribution in [3.63, 3.8) is 0 Å². The Morgan fingerprint density at radius 1 is 1.20 bits per heavy atom. The van der Waals surface area contributed by atoms with Crippen LogP contribution in [0.4, 0.5) is 5.82 Å². The molecule has 4 rings (SSSR count). The highest BCUT2D eigenvalue weighted by Crippen LogP contribution is 2.34. The smallest absolute Gasteiger partial charge is 0.132 e. The van der Waals surface area contributed by atoms with Crippen LogP contribution in [0.2, 0.25) is 0 Å². The SMILES string of the molecule is Cc1nc(C(C)C)cc(N2CCC[C@@H](c3nccn3CC3CC3)C2)n1. The largest absolute Gasteiger partial charge is 0.356 e. The summed E-state index contributed by atoms with van der Waals surface area (Å²) in [5.41, 5.74) is 1.14. The second-order valence-corrected chi connectivity index (χ2v) is 8.02. The summed E-state index contributed by atoms with van der Waals surface area (Å²) in [5.74, 6) is 5.04. The van der Waals surface area contributed by atoms with E-state index in [0.29, 0.717) is 11.8 Å². The van der Waals surface area contributed by atoms with Crippen LogP contribution in [0, 0.1) is 12.8 Å². The predicted octanol–water partition coefficient (Wildman–Crippen LogP) is 3.90. The van der Waals surface area contributed by atoms with E-state index in [1.807, 2.05) is 13.1 Å². The highest BCUT2D eigenvalue weighted by atomic mass is 15.2. The van der Waals surface area contributed by atoms with Crippen molar-refractivity contribution in [1.82, 2.24) is 19.5 Å². The minimum absolute atomic E-state index is 0.429. The van der Waals surface area contributed by atoms with Gasteiger partial charge >= 0.3 is 0 Å². The van der Waals surface area contributed by atoms with Crippen LogP contribution in [0.5, 0.6) is 0 Å². The van der Waals surface area contributed by atoms with Crippen LogP contribution < -0.4 is 4.90 Å². The van der Waals surface area contributed by atoms with Crippen LogP contribution in [0.1, 0.15) is 68.7 Å². The summed E-state index contributed by atoms with van der Waals surface area (Å²) < 4.78 is 2.40. The summed E-state index contributed by atoms with van der Waals surface area (Å²) in [7, 11) is 0. The Bertz CT molecular complexity index is 731. The summed E-state index contributed by atoms with van der Waals surface area (Å²) in [4.78, 5) is 16.5. The normalized spacial score (nSPS) is 21.1. The van der Waals surface area contributed by atoms with Gasteiger partial charge in [-0.15, -0.1) is 0 Å². The van der Waals surface area contributed by atoms with Gasteiger partial charge in [0.05, 0.1) is 0 Å². The Morgan fingerprint density at radius 3 is 2.80 bits per heavy atom. The molecule has 1 saturated heterocycles. The maximum atomic E-state index is 4.72. The zero-order valence-electron chi connectivity index (χ0n) is 15.6. The van der Waals surface area contributed by atoms with E-state index < -0.39 is 0 Å². The van der Waals surface area contributed by atoms with E-state index in [-0.39, 0.29) is 0 Å². The Kier molecular flexibility index (Phi) is 4.48. The van der Waals surface area contributed by atoms with Crippen LogP contribution >= 0.6 is 0 Å². The van der Waals surface area contributed by atoms with Crippen molar-refractivity contribution in [2.45, 2.75) is 64.8 Å². The lowest BCUT2D eigenvalue weighted by Crippen LogP contribution is -2.36. The first kappa shape index (κ1) is 16.6. The van der Waals surface area contributed by atoms with E-state index in [4.69, 9.17) is 9.97 Å². The van der Waals surface area contributed by atoms with Gasteiger partial charge in [-0.25, -0.2) is 15.0 Å². The summed E-state index contributed by atoms with van der Waals surface area (Å²) in [6.45, 7) is 9.62. The maximum absolute atomic E-state index is 4.72. The molecule has 0 bridgehead atoms. The molecule has 0 N–H and O–H groups in total. The second kappa shape index (κ2) is 6.77. The molecule has 0 amide bonds. The van der Waals surface area contributed by atoms with Crippen molar-refractivity contribution in [2.75, 3.05) is 18.0 Å². The molecular weight excluding hydrogens is 310 g/mol. The van der Waals surface area contributed by atoms with Gasteiger partial charge in [-0.3, -0.25) is 0 Å². The molecular formula is C20H29N5. The molecule has 0 unspecified atom stereocenters. The van der Waals surface area contributed by atoms with Crippen LogP contribution in [0.25, 0.3) is 0 Å². The molecule has 3 heterocycles.